The Balaban J connectivity index is 2.67. The van der Waals surface area contributed by atoms with Crippen LogP contribution in [0.3, 0.4) is 0 Å². The fraction of sp³-hybridized carbons (Fsp3) is 0.333. The number of benzene rings is 1. The van der Waals surface area contributed by atoms with E-state index in [1.807, 2.05) is 6.92 Å². The summed E-state index contributed by atoms with van der Waals surface area (Å²) < 4.78 is 5.10. The molecule has 1 atom stereocenters. The molecule has 6 heteroatoms. The van der Waals surface area contributed by atoms with E-state index in [9.17, 15) is 9.59 Å². The van der Waals surface area contributed by atoms with Gasteiger partial charge in [-0.2, -0.15) is 0 Å². The predicted octanol–water partition coefficient (Wildman–Crippen LogP) is 2.07. The summed E-state index contributed by atoms with van der Waals surface area (Å²) in [6, 6.07) is 5.76. The molecule has 0 aliphatic carbocycles. The minimum atomic E-state index is -1.09. The second kappa shape index (κ2) is 8.48. The topological polar surface area (TPSA) is 87.7 Å². The third-order valence-corrected chi connectivity index (χ3v) is 2.57. The highest BCUT2D eigenvalue weighted by Crippen LogP contribution is 2.23. The summed E-state index contributed by atoms with van der Waals surface area (Å²) in [5.74, 6) is 1.68. The van der Waals surface area contributed by atoms with Gasteiger partial charge in [0, 0.05) is 0 Å². The van der Waals surface area contributed by atoms with Gasteiger partial charge in [0.2, 0.25) is 0 Å². The number of terminal acetylenes is 1. The average molecular weight is 290 g/mol. The normalized spacial score (nSPS) is 11.0. The highest BCUT2D eigenvalue weighted by Gasteiger charge is 2.11. The third-order valence-electron chi connectivity index (χ3n) is 2.57. The molecule has 2 amide bonds. The smallest absolute Gasteiger partial charge is 0.341 e. The first-order chi connectivity index (χ1) is 10.1. The first-order valence-corrected chi connectivity index (χ1v) is 6.54. The van der Waals surface area contributed by atoms with Gasteiger partial charge in [0.15, 0.2) is 6.61 Å². The van der Waals surface area contributed by atoms with Gasteiger partial charge in [-0.25, -0.2) is 9.59 Å². The molecule has 1 aromatic carbocycles. The predicted molar refractivity (Wildman–Crippen MR) is 79.3 cm³/mol. The van der Waals surface area contributed by atoms with Crippen molar-refractivity contribution in [2.24, 2.45) is 0 Å². The van der Waals surface area contributed by atoms with Crippen LogP contribution in [0.25, 0.3) is 0 Å². The molecule has 1 rings (SSSR count). The second-order valence-corrected chi connectivity index (χ2v) is 4.28. The largest absolute Gasteiger partial charge is 0.480 e. The van der Waals surface area contributed by atoms with Crippen LogP contribution in [0.15, 0.2) is 24.3 Å². The Labute approximate surface area is 123 Å². The minimum Gasteiger partial charge on any atom is -0.480 e. The van der Waals surface area contributed by atoms with Crippen LogP contribution in [0.1, 0.15) is 19.8 Å². The van der Waals surface area contributed by atoms with E-state index in [0.29, 0.717) is 12.1 Å². The maximum Gasteiger partial charge on any atom is 0.341 e. The van der Waals surface area contributed by atoms with Gasteiger partial charge in [-0.15, -0.1) is 6.42 Å². The Morgan fingerprint density at radius 1 is 1.43 bits per heavy atom. The van der Waals surface area contributed by atoms with Crippen molar-refractivity contribution in [1.29, 1.82) is 0 Å². The van der Waals surface area contributed by atoms with Gasteiger partial charge < -0.3 is 20.5 Å². The standard InChI is InChI=1S/C15H18N2O4/c1-3-7-11(4-2)16-15(20)17-12-8-5-6-9-13(12)21-10-14(18)19/h2,5-6,8-9,11H,3,7,10H2,1H3,(H,18,19)(H2,16,17,20). The summed E-state index contributed by atoms with van der Waals surface area (Å²) in [7, 11) is 0. The monoisotopic (exact) mass is 290 g/mol. The molecule has 0 radical (unpaired) electrons. The Morgan fingerprint density at radius 2 is 2.14 bits per heavy atom. The van der Waals surface area contributed by atoms with Crippen molar-refractivity contribution >= 4 is 17.7 Å². The molecular formula is C15H18N2O4. The highest BCUT2D eigenvalue weighted by atomic mass is 16.5. The van der Waals surface area contributed by atoms with E-state index in [0.717, 1.165) is 6.42 Å². The molecular weight excluding hydrogens is 272 g/mol. The third kappa shape index (κ3) is 5.87. The molecule has 0 aliphatic heterocycles. The summed E-state index contributed by atoms with van der Waals surface area (Å²) in [6.07, 6.45) is 6.87. The summed E-state index contributed by atoms with van der Waals surface area (Å²) in [5, 5.41) is 13.9. The van der Waals surface area contributed by atoms with Crippen LogP contribution >= 0.6 is 0 Å². The zero-order chi connectivity index (χ0) is 15.7. The number of hydrogen-bond acceptors (Lipinski definition) is 3. The lowest BCUT2D eigenvalue weighted by Gasteiger charge is -2.15. The van der Waals surface area contributed by atoms with Gasteiger partial charge >= 0.3 is 12.0 Å². The first kappa shape index (κ1) is 16.4. The maximum absolute atomic E-state index is 11.9. The van der Waals surface area contributed by atoms with Crippen molar-refractivity contribution in [1.82, 2.24) is 5.32 Å². The van der Waals surface area contributed by atoms with E-state index in [4.69, 9.17) is 16.3 Å². The van der Waals surface area contributed by atoms with E-state index in [2.05, 4.69) is 16.6 Å². The summed E-state index contributed by atoms with van der Waals surface area (Å²) >= 11 is 0. The van der Waals surface area contributed by atoms with Crippen LogP contribution in [0.4, 0.5) is 10.5 Å². The van der Waals surface area contributed by atoms with Crippen molar-refractivity contribution in [2.45, 2.75) is 25.8 Å². The summed E-state index contributed by atoms with van der Waals surface area (Å²) in [4.78, 5) is 22.4. The Hall–Kier alpha value is -2.68. The average Bonchev–Trinajstić information content (AvgIpc) is 2.45. The van der Waals surface area contributed by atoms with Gasteiger partial charge in [-0.05, 0) is 18.6 Å². The fourth-order valence-electron chi connectivity index (χ4n) is 1.64. The number of para-hydroxylation sites is 2. The Bertz CT molecular complexity index is 537. The molecule has 0 bridgehead atoms. The molecule has 21 heavy (non-hydrogen) atoms. The van der Waals surface area contributed by atoms with E-state index in [-0.39, 0.29) is 11.8 Å². The number of anilines is 1. The number of hydrogen-bond donors (Lipinski definition) is 3. The molecule has 6 nitrogen and oxygen atoms in total. The zero-order valence-corrected chi connectivity index (χ0v) is 11.8. The number of urea groups is 1. The van der Waals surface area contributed by atoms with Gasteiger partial charge in [-0.3, -0.25) is 0 Å². The van der Waals surface area contributed by atoms with Crippen molar-refractivity contribution in [3.05, 3.63) is 24.3 Å². The van der Waals surface area contributed by atoms with Crippen molar-refractivity contribution in [2.75, 3.05) is 11.9 Å². The molecule has 0 heterocycles. The van der Waals surface area contributed by atoms with Crippen LogP contribution in [-0.4, -0.2) is 29.8 Å². The molecule has 0 aliphatic rings. The number of aliphatic carboxylic acids is 1. The fourth-order valence-corrected chi connectivity index (χ4v) is 1.64. The SMILES string of the molecule is C#CC(CCC)NC(=O)Nc1ccccc1OCC(=O)O. The quantitative estimate of drug-likeness (QED) is 0.671. The number of nitrogens with one attached hydrogen (secondary N) is 2. The van der Waals surface area contributed by atoms with Gasteiger partial charge in [0.1, 0.15) is 5.75 Å². The maximum atomic E-state index is 11.9. The van der Waals surface area contributed by atoms with Crippen LogP contribution in [0, 0.1) is 12.3 Å². The van der Waals surface area contributed by atoms with Gasteiger partial charge in [-0.1, -0.05) is 31.4 Å². The lowest BCUT2D eigenvalue weighted by molar-refractivity contribution is -0.139. The first-order valence-electron chi connectivity index (χ1n) is 6.54. The number of ether oxygens (including phenoxy) is 1. The molecule has 112 valence electrons. The molecule has 3 N–H and O–H groups in total. The van der Waals surface area contributed by atoms with Crippen molar-refractivity contribution in [3.8, 4) is 18.1 Å². The van der Waals surface area contributed by atoms with Crippen LogP contribution in [-0.2, 0) is 4.79 Å². The Morgan fingerprint density at radius 3 is 2.76 bits per heavy atom. The summed E-state index contributed by atoms with van der Waals surface area (Å²) in [6.45, 7) is 1.49. The number of carbonyl (C=O) groups excluding carboxylic acids is 1. The van der Waals surface area contributed by atoms with E-state index in [1.54, 1.807) is 24.3 Å². The summed E-state index contributed by atoms with van der Waals surface area (Å²) in [5.41, 5.74) is 0.378. The minimum absolute atomic E-state index is 0.280. The number of carboxylic acids is 1. The van der Waals surface area contributed by atoms with Crippen LogP contribution < -0.4 is 15.4 Å². The lowest BCUT2D eigenvalue weighted by Crippen LogP contribution is -2.37. The molecule has 0 spiro atoms. The van der Waals surface area contributed by atoms with E-state index in [1.165, 1.54) is 0 Å². The van der Waals surface area contributed by atoms with E-state index >= 15 is 0 Å². The number of amides is 2. The zero-order valence-electron chi connectivity index (χ0n) is 11.8. The molecule has 0 saturated carbocycles. The lowest BCUT2D eigenvalue weighted by atomic mass is 10.2. The highest BCUT2D eigenvalue weighted by molar-refractivity contribution is 5.91. The second-order valence-electron chi connectivity index (χ2n) is 4.28. The Kier molecular flexibility index (Phi) is 6.61. The van der Waals surface area contributed by atoms with Gasteiger partial charge in [0.25, 0.3) is 0 Å². The number of carboxylic acid groups (broad SMARTS) is 1. The van der Waals surface area contributed by atoms with E-state index < -0.39 is 18.6 Å². The van der Waals surface area contributed by atoms with Crippen molar-refractivity contribution in [3.63, 3.8) is 0 Å². The molecule has 0 fully saturated rings. The van der Waals surface area contributed by atoms with Gasteiger partial charge in [0.05, 0.1) is 11.7 Å². The molecule has 0 aromatic heterocycles. The van der Waals surface area contributed by atoms with Crippen LogP contribution in [0.5, 0.6) is 5.75 Å². The number of rotatable bonds is 7. The number of carbonyl (C=O) groups is 2. The molecule has 1 unspecified atom stereocenters. The van der Waals surface area contributed by atoms with Crippen LogP contribution in [0.2, 0.25) is 0 Å². The molecule has 1 aromatic rings. The molecule has 0 saturated heterocycles. The van der Waals surface area contributed by atoms with Crippen molar-refractivity contribution < 1.29 is 19.4 Å².